The monoisotopic (exact) mass is 575 g/mol. The largest absolute Gasteiger partial charge is 0.388 e. The second kappa shape index (κ2) is 12.9. The molecule has 1 saturated carbocycles. The summed E-state index contributed by atoms with van der Waals surface area (Å²) in [6.07, 6.45) is 3.53. The average molecular weight is 576 g/mol. The van der Waals surface area contributed by atoms with E-state index in [2.05, 4.69) is 16.2 Å². The second-order valence-corrected chi connectivity index (χ2v) is 11.0. The smallest absolute Gasteiger partial charge is 0.259 e. The predicted molar refractivity (Wildman–Crippen MR) is 154 cm³/mol. The van der Waals surface area contributed by atoms with Gasteiger partial charge in [-0.25, -0.2) is 13.3 Å². The molecule has 0 spiro atoms. The summed E-state index contributed by atoms with van der Waals surface area (Å²) in [5.74, 6) is 0.0105. The first kappa shape index (κ1) is 29.5. The number of nitriles is 1. The molecule has 220 valence electrons. The van der Waals surface area contributed by atoms with Gasteiger partial charge in [0.2, 0.25) is 5.78 Å². The van der Waals surface area contributed by atoms with E-state index in [1.54, 1.807) is 46.3 Å². The number of aromatic nitrogens is 4. The summed E-state index contributed by atoms with van der Waals surface area (Å²) < 4.78 is 37.7. The lowest BCUT2D eigenvalue weighted by Gasteiger charge is -2.32. The minimum Gasteiger partial charge on any atom is -0.388 e. The van der Waals surface area contributed by atoms with E-state index in [1.807, 2.05) is 13.0 Å². The highest BCUT2D eigenvalue weighted by Gasteiger charge is 2.30. The number of hydrogen-bond acceptors (Lipinski definition) is 6. The van der Waals surface area contributed by atoms with Crippen molar-refractivity contribution < 1.29 is 18.6 Å². The summed E-state index contributed by atoms with van der Waals surface area (Å²) in [5, 5.41) is 23.7. The molecule has 1 N–H and O–H groups in total. The Morgan fingerprint density at radius 3 is 2.64 bits per heavy atom. The van der Waals surface area contributed by atoms with Crippen molar-refractivity contribution in [1.29, 1.82) is 5.26 Å². The third-order valence-corrected chi connectivity index (χ3v) is 8.21. The van der Waals surface area contributed by atoms with Crippen molar-refractivity contribution in [1.82, 2.24) is 19.2 Å². The van der Waals surface area contributed by atoms with E-state index < -0.39 is 24.7 Å². The summed E-state index contributed by atoms with van der Waals surface area (Å²) in [6, 6.07) is 13.9. The van der Waals surface area contributed by atoms with Gasteiger partial charge in [-0.2, -0.15) is 15.3 Å². The first-order chi connectivity index (χ1) is 20.4. The first-order valence-corrected chi connectivity index (χ1v) is 14.5. The van der Waals surface area contributed by atoms with Gasteiger partial charge >= 0.3 is 0 Å². The zero-order valence-electron chi connectivity index (χ0n) is 23.8. The Morgan fingerprint density at radius 2 is 1.95 bits per heavy atom. The highest BCUT2D eigenvalue weighted by Crippen LogP contribution is 2.32. The number of aryl methyl sites for hydroxylation is 1. The maximum absolute atomic E-state index is 15.6. The predicted octanol–water partition coefficient (Wildman–Crippen LogP) is 5.33. The van der Waals surface area contributed by atoms with Gasteiger partial charge in [-0.1, -0.05) is 43.7 Å². The standard InChI is InChI=1S/C32H35F2N5O3/c1-3-6-29-27(15-22-10-9-21(16-28(22)34)26-8-5-4-7-23(26)18-35)31(41)38(32-36-19-37-39(29)32)24-11-13-25(14-12-24)42-20(2)30(40)17-33/h4-5,7-10,16,19-20,24-25,30,40H,3,6,11-15,17H2,1-2H3. The summed E-state index contributed by atoms with van der Waals surface area (Å²) in [7, 11) is 0. The van der Waals surface area contributed by atoms with Crippen molar-refractivity contribution in [3.63, 3.8) is 0 Å². The van der Waals surface area contributed by atoms with Crippen molar-refractivity contribution in [2.45, 2.75) is 83.1 Å². The van der Waals surface area contributed by atoms with Crippen LogP contribution in [0.1, 0.15) is 74.4 Å². The van der Waals surface area contributed by atoms with Gasteiger partial charge < -0.3 is 9.84 Å². The summed E-state index contributed by atoms with van der Waals surface area (Å²) in [6.45, 7) is 2.82. The topological polar surface area (TPSA) is 105 Å². The number of aliphatic hydroxyl groups is 1. The van der Waals surface area contributed by atoms with Crippen molar-refractivity contribution in [2.24, 2.45) is 0 Å². The van der Waals surface area contributed by atoms with E-state index in [4.69, 9.17) is 4.74 Å². The number of hydrogen-bond donors (Lipinski definition) is 1. The minimum atomic E-state index is -1.16. The van der Waals surface area contributed by atoms with Crippen LogP contribution in [0.3, 0.4) is 0 Å². The maximum atomic E-state index is 15.6. The summed E-state index contributed by atoms with van der Waals surface area (Å²) in [5.41, 5.74) is 3.08. The molecule has 5 rings (SSSR count). The molecule has 0 saturated heterocycles. The third kappa shape index (κ3) is 5.85. The SMILES string of the molecule is CCCc1c(Cc2ccc(-c3ccccc3C#N)cc2F)c(=O)n(C2CCC(OC(C)C(O)CF)CC2)c2ncnn12. The molecule has 2 unspecified atom stereocenters. The molecule has 0 amide bonds. The Kier molecular flexibility index (Phi) is 9.09. The molecule has 8 nitrogen and oxygen atoms in total. The van der Waals surface area contributed by atoms with Crippen LogP contribution in [0.25, 0.3) is 16.9 Å². The van der Waals surface area contributed by atoms with Gasteiger partial charge in [0.05, 0.1) is 29.5 Å². The van der Waals surface area contributed by atoms with Gasteiger partial charge in [0.1, 0.15) is 24.9 Å². The molecule has 0 bridgehead atoms. The number of nitrogens with zero attached hydrogens (tertiary/aromatic N) is 5. The van der Waals surface area contributed by atoms with Crippen molar-refractivity contribution in [3.8, 4) is 17.2 Å². The lowest BCUT2D eigenvalue weighted by atomic mass is 9.92. The normalized spacial score (nSPS) is 18.6. The van der Waals surface area contributed by atoms with Crippen LogP contribution in [-0.2, 0) is 17.6 Å². The Labute approximate surface area is 243 Å². The van der Waals surface area contributed by atoms with Crippen molar-refractivity contribution in [2.75, 3.05) is 6.67 Å². The fourth-order valence-corrected chi connectivity index (χ4v) is 5.92. The van der Waals surface area contributed by atoms with Gasteiger partial charge in [0, 0.05) is 18.0 Å². The Balaban J connectivity index is 1.48. The molecule has 2 aromatic carbocycles. The first-order valence-electron chi connectivity index (χ1n) is 14.5. The van der Waals surface area contributed by atoms with E-state index in [1.165, 1.54) is 12.4 Å². The van der Waals surface area contributed by atoms with Gasteiger partial charge in [-0.3, -0.25) is 9.36 Å². The number of fused-ring (bicyclic) bond motifs is 1. The van der Waals surface area contributed by atoms with Crippen LogP contribution in [0.2, 0.25) is 0 Å². The van der Waals surface area contributed by atoms with E-state index in [9.17, 15) is 19.6 Å². The van der Waals surface area contributed by atoms with E-state index in [0.717, 1.165) is 12.1 Å². The zero-order valence-corrected chi connectivity index (χ0v) is 23.8. The van der Waals surface area contributed by atoms with Crippen LogP contribution in [0.15, 0.2) is 53.6 Å². The quantitative estimate of drug-likeness (QED) is 0.274. The number of halogens is 2. The highest BCUT2D eigenvalue weighted by atomic mass is 19.1. The molecule has 10 heteroatoms. The molecule has 2 aromatic heterocycles. The van der Waals surface area contributed by atoms with Crippen LogP contribution >= 0.6 is 0 Å². The van der Waals surface area contributed by atoms with Gasteiger partial charge in [0.25, 0.3) is 5.56 Å². The molecular weight excluding hydrogens is 540 g/mol. The maximum Gasteiger partial charge on any atom is 0.259 e. The molecule has 0 aliphatic heterocycles. The van der Waals surface area contributed by atoms with Crippen molar-refractivity contribution in [3.05, 3.63) is 87.3 Å². The van der Waals surface area contributed by atoms with Crippen LogP contribution < -0.4 is 5.56 Å². The van der Waals surface area contributed by atoms with Gasteiger partial charge in [0.15, 0.2) is 0 Å². The van der Waals surface area contributed by atoms with E-state index in [0.29, 0.717) is 65.7 Å². The van der Waals surface area contributed by atoms with Crippen molar-refractivity contribution >= 4 is 5.78 Å². The Hall–Kier alpha value is -3.94. The summed E-state index contributed by atoms with van der Waals surface area (Å²) in [4.78, 5) is 18.6. The molecule has 2 heterocycles. The van der Waals surface area contributed by atoms with Crippen LogP contribution in [-0.4, -0.2) is 49.3 Å². The fourth-order valence-electron chi connectivity index (χ4n) is 5.92. The lowest BCUT2D eigenvalue weighted by molar-refractivity contribution is -0.0862. The lowest BCUT2D eigenvalue weighted by Crippen LogP contribution is -2.37. The molecular formula is C32H35F2N5O3. The second-order valence-electron chi connectivity index (χ2n) is 11.0. The summed E-state index contributed by atoms with van der Waals surface area (Å²) >= 11 is 0. The number of benzene rings is 2. The van der Waals surface area contributed by atoms with Gasteiger partial charge in [-0.15, -0.1) is 0 Å². The van der Waals surface area contributed by atoms with E-state index >= 15 is 4.39 Å². The molecule has 42 heavy (non-hydrogen) atoms. The average Bonchev–Trinajstić information content (AvgIpc) is 3.49. The molecule has 0 radical (unpaired) electrons. The minimum absolute atomic E-state index is 0.0903. The molecule has 1 fully saturated rings. The third-order valence-electron chi connectivity index (χ3n) is 8.21. The Morgan fingerprint density at radius 1 is 1.19 bits per heavy atom. The number of ether oxygens (including phenoxy) is 1. The number of rotatable bonds is 10. The highest BCUT2D eigenvalue weighted by molar-refractivity contribution is 5.70. The molecule has 2 atom stereocenters. The van der Waals surface area contributed by atoms with Crippen LogP contribution in [0.4, 0.5) is 8.78 Å². The fraction of sp³-hybridized carbons (Fsp3) is 0.438. The number of aliphatic hydroxyl groups excluding tert-OH is 1. The Bertz CT molecular complexity index is 1650. The zero-order chi connectivity index (χ0) is 29.8. The molecule has 1 aliphatic rings. The van der Waals surface area contributed by atoms with Crippen LogP contribution in [0, 0.1) is 17.1 Å². The number of alkyl halides is 1. The van der Waals surface area contributed by atoms with Crippen LogP contribution in [0.5, 0.6) is 0 Å². The molecule has 4 aromatic rings. The van der Waals surface area contributed by atoms with E-state index in [-0.39, 0.29) is 24.1 Å². The van der Waals surface area contributed by atoms with Gasteiger partial charge in [-0.05, 0) is 67.9 Å². The molecule has 1 aliphatic carbocycles.